The van der Waals surface area contributed by atoms with E-state index in [4.69, 9.17) is 11.6 Å². The monoisotopic (exact) mass is 346 g/mol. The molecule has 104 valence electrons. The lowest BCUT2D eigenvalue weighted by Crippen LogP contribution is -2.45. The maximum absolute atomic E-state index is 11.9. The maximum Gasteiger partial charge on any atom is 0.253 e. The lowest BCUT2D eigenvalue weighted by atomic mass is 10.1. The van der Waals surface area contributed by atoms with E-state index in [-0.39, 0.29) is 23.9 Å². The predicted molar refractivity (Wildman–Crippen MR) is 79.4 cm³/mol. The summed E-state index contributed by atoms with van der Waals surface area (Å²) in [6.07, 6.45) is 0. The van der Waals surface area contributed by atoms with E-state index in [1.807, 2.05) is 20.8 Å². The van der Waals surface area contributed by atoms with Crippen molar-refractivity contribution in [1.82, 2.24) is 10.6 Å². The van der Waals surface area contributed by atoms with Crippen LogP contribution in [0, 0.1) is 0 Å². The van der Waals surface area contributed by atoms with Gasteiger partial charge in [-0.2, -0.15) is 0 Å². The van der Waals surface area contributed by atoms with Crippen LogP contribution in [0.4, 0.5) is 0 Å². The molecule has 0 aromatic heterocycles. The summed E-state index contributed by atoms with van der Waals surface area (Å²) < 4.78 is 0.640. The number of hydrogen-bond donors (Lipinski definition) is 2. The van der Waals surface area contributed by atoms with E-state index in [9.17, 15) is 9.59 Å². The predicted octanol–water partition coefficient (Wildman–Crippen LogP) is 2.75. The van der Waals surface area contributed by atoms with Crippen molar-refractivity contribution in [1.29, 1.82) is 0 Å². The lowest BCUT2D eigenvalue weighted by Gasteiger charge is -2.20. The van der Waals surface area contributed by atoms with E-state index in [2.05, 4.69) is 26.6 Å². The molecule has 1 aromatic carbocycles. The second-order valence-electron chi connectivity index (χ2n) is 5.08. The molecule has 0 aliphatic heterocycles. The Morgan fingerprint density at radius 2 is 1.95 bits per heavy atom. The van der Waals surface area contributed by atoms with Crippen LogP contribution in [0.2, 0.25) is 5.02 Å². The van der Waals surface area contributed by atoms with Crippen molar-refractivity contribution in [3.63, 3.8) is 0 Å². The van der Waals surface area contributed by atoms with Crippen LogP contribution < -0.4 is 10.6 Å². The zero-order valence-corrected chi connectivity index (χ0v) is 13.4. The Morgan fingerprint density at radius 1 is 1.32 bits per heavy atom. The highest BCUT2D eigenvalue weighted by molar-refractivity contribution is 9.10. The van der Waals surface area contributed by atoms with E-state index in [1.165, 1.54) is 0 Å². The molecule has 0 spiro atoms. The minimum Gasteiger partial charge on any atom is -0.350 e. The Labute approximate surface area is 126 Å². The summed E-state index contributed by atoms with van der Waals surface area (Å²) in [4.78, 5) is 23.5. The Bertz CT molecular complexity index is 498. The van der Waals surface area contributed by atoms with Crippen LogP contribution in [0.3, 0.4) is 0 Å². The molecule has 0 heterocycles. The number of carbonyl (C=O) groups is 2. The molecule has 0 aliphatic carbocycles. The van der Waals surface area contributed by atoms with Crippen molar-refractivity contribution in [2.24, 2.45) is 0 Å². The first-order valence-electron chi connectivity index (χ1n) is 5.74. The van der Waals surface area contributed by atoms with Crippen LogP contribution in [0.1, 0.15) is 31.1 Å². The third kappa shape index (κ3) is 5.20. The number of rotatable bonds is 3. The van der Waals surface area contributed by atoms with Crippen LogP contribution in [0.15, 0.2) is 22.7 Å². The Kier molecular flexibility index (Phi) is 5.38. The maximum atomic E-state index is 11.9. The van der Waals surface area contributed by atoms with Gasteiger partial charge in [0, 0.05) is 10.0 Å². The summed E-state index contributed by atoms with van der Waals surface area (Å²) in [6.45, 7) is 5.53. The second kappa shape index (κ2) is 6.39. The van der Waals surface area contributed by atoms with Gasteiger partial charge in [-0.05, 0) is 48.8 Å². The van der Waals surface area contributed by atoms with Crippen molar-refractivity contribution in [3.8, 4) is 0 Å². The molecule has 2 N–H and O–H groups in total. The Morgan fingerprint density at radius 3 is 2.53 bits per heavy atom. The average molecular weight is 348 g/mol. The quantitative estimate of drug-likeness (QED) is 0.883. The fourth-order valence-corrected chi connectivity index (χ4v) is 1.98. The lowest BCUT2D eigenvalue weighted by molar-refractivity contribution is -0.121. The van der Waals surface area contributed by atoms with E-state index in [0.29, 0.717) is 15.1 Å². The number of halogens is 2. The van der Waals surface area contributed by atoms with Gasteiger partial charge >= 0.3 is 0 Å². The molecule has 2 amide bonds. The normalized spacial score (nSPS) is 11.0. The van der Waals surface area contributed by atoms with E-state index in [0.717, 1.165) is 0 Å². The summed E-state index contributed by atoms with van der Waals surface area (Å²) in [5, 5.41) is 5.62. The summed E-state index contributed by atoms with van der Waals surface area (Å²) in [7, 11) is 0. The largest absolute Gasteiger partial charge is 0.350 e. The molecule has 0 atom stereocenters. The van der Waals surface area contributed by atoms with Crippen molar-refractivity contribution < 1.29 is 9.59 Å². The molecule has 19 heavy (non-hydrogen) atoms. The molecule has 4 nitrogen and oxygen atoms in total. The number of nitrogens with one attached hydrogen (secondary N) is 2. The van der Waals surface area contributed by atoms with Crippen LogP contribution in [-0.4, -0.2) is 23.9 Å². The number of amides is 2. The summed E-state index contributed by atoms with van der Waals surface area (Å²) in [5.41, 5.74) is 0.00879. The molecular formula is C13H16BrClN2O2. The Balaban J connectivity index is 2.61. The topological polar surface area (TPSA) is 58.2 Å². The average Bonchev–Trinajstić information content (AvgIpc) is 2.27. The van der Waals surface area contributed by atoms with Gasteiger partial charge in [-0.25, -0.2) is 0 Å². The van der Waals surface area contributed by atoms with E-state index >= 15 is 0 Å². The van der Waals surface area contributed by atoms with Crippen molar-refractivity contribution in [3.05, 3.63) is 33.3 Å². The molecule has 1 rings (SSSR count). The molecule has 0 saturated heterocycles. The SMILES string of the molecule is CC(C)(C)NC(=O)CNC(=O)c1cccc(Br)c1Cl. The highest BCUT2D eigenvalue weighted by Crippen LogP contribution is 2.25. The fraction of sp³-hybridized carbons (Fsp3) is 0.385. The van der Waals surface area contributed by atoms with Gasteiger partial charge in [-0.1, -0.05) is 17.7 Å². The molecule has 0 unspecified atom stereocenters. The number of hydrogen-bond acceptors (Lipinski definition) is 2. The molecule has 0 aliphatic rings. The van der Waals surface area contributed by atoms with Gasteiger partial charge in [0.05, 0.1) is 17.1 Å². The highest BCUT2D eigenvalue weighted by Gasteiger charge is 2.16. The first kappa shape index (κ1) is 16.0. The first-order valence-corrected chi connectivity index (χ1v) is 6.91. The standard InChI is InChI=1S/C13H16BrClN2O2/c1-13(2,3)17-10(18)7-16-12(19)8-5-4-6-9(14)11(8)15/h4-6H,7H2,1-3H3,(H,16,19)(H,17,18). The molecule has 0 saturated carbocycles. The zero-order valence-electron chi connectivity index (χ0n) is 11.0. The summed E-state index contributed by atoms with van der Waals surface area (Å²) in [5.74, 6) is -0.623. The number of carbonyl (C=O) groups excluding carboxylic acids is 2. The van der Waals surface area contributed by atoms with Crippen molar-refractivity contribution in [2.45, 2.75) is 26.3 Å². The van der Waals surface area contributed by atoms with E-state index in [1.54, 1.807) is 18.2 Å². The van der Waals surface area contributed by atoms with Gasteiger partial charge in [0.25, 0.3) is 5.91 Å². The summed E-state index contributed by atoms with van der Waals surface area (Å²) >= 11 is 9.24. The molecule has 0 fully saturated rings. The molecule has 0 bridgehead atoms. The third-order valence-electron chi connectivity index (χ3n) is 2.12. The first-order chi connectivity index (χ1) is 8.70. The second-order valence-corrected chi connectivity index (χ2v) is 6.31. The summed E-state index contributed by atoms with van der Waals surface area (Å²) in [6, 6.07) is 5.05. The van der Waals surface area contributed by atoms with Gasteiger partial charge < -0.3 is 10.6 Å². The smallest absolute Gasteiger partial charge is 0.253 e. The van der Waals surface area contributed by atoms with Crippen LogP contribution in [0.5, 0.6) is 0 Å². The minimum absolute atomic E-state index is 0.0844. The fourth-order valence-electron chi connectivity index (χ4n) is 1.40. The minimum atomic E-state index is -0.379. The van der Waals surface area contributed by atoms with Crippen LogP contribution >= 0.6 is 27.5 Å². The van der Waals surface area contributed by atoms with Gasteiger partial charge in [0.2, 0.25) is 5.91 Å². The van der Waals surface area contributed by atoms with Crippen LogP contribution in [-0.2, 0) is 4.79 Å². The van der Waals surface area contributed by atoms with Crippen LogP contribution in [0.25, 0.3) is 0 Å². The highest BCUT2D eigenvalue weighted by atomic mass is 79.9. The molecule has 6 heteroatoms. The van der Waals surface area contributed by atoms with Crippen molar-refractivity contribution in [2.75, 3.05) is 6.54 Å². The van der Waals surface area contributed by atoms with Gasteiger partial charge in [-0.3, -0.25) is 9.59 Å². The van der Waals surface area contributed by atoms with Crippen molar-refractivity contribution >= 4 is 39.3 Å². The Hall–Kier alpha value is -1.07. The van der Waals surface area contributed by atoms with Gasteiger partial charge in [-0.15, -0.1) is 0 Å². The number of benzene rings is 1. The molecular weight excluding hydrogens is 332 g/mol. The van der Waals surface area contributed by atoms with Gasteiger partial charge in [0.15, 0.2) is 0 Å². The molecule has 1 aromatic rings. The molecule has 0 radical (unpaired) electrons. The van der Waals surface area contributed by atoms with E-state index < -0.39 is 0 Å². The third-order valence-corrected chi connectivity index (χ3v) is 3.42. The zero-order chi connectivity index (χ0) is 14.6. The van der Waals surface area contributed by atoms with Gasteiger partial charge in [0.1, 0.15) is 0 Å².